The number of hydrogen-bond acceptors (Lipinski definition) is 3. The fourth-order valence-corrected chi connectivity index (χ4v) is 5.16. The molecule has 1 aliphatic carbocycles. The molecule has 1 fully saturated rings. The van der Waals surface area contributed by atoms with Crippen molar-refractivity contribution in [3.05, 3.63) is 45.1 Å². The smallest absolute Gasteiger partial charge is 0.370 e. The van der Waals surface area contributed by atoms with Gasteiger partial charge in [0, 0.05) is 18.0 Å². The second kappa shape index (κ2) is 7.78. The Morgan fingerprint density at radius 1 is 1.00 bits per heavy atom. The Balaban J connectivity index is 1.63. The van der Waals surface area contributed by atoms with Gasteiger partial charge >= 0.3 is 6.18 Å². The number of aryl methyl sites for hydroxylation is 2. The highest BCUT2D eigenvalue weighted by Gasteiger charge is 2.32. The minimum Gasteiger partial charge on any atom is -0.370 e. The molecule has 28 heavy (non-hydrogen) atoms. The SMILES string of the molecule is O=C(Nc1cc(C(F)(F)F)ccc1N1CCCCC1)c1cc2c(s1)CCCC2. The number of rotatable bonds is 3. The molecule has 0 unspecified atom stereocenters. The van der Waals surface area contributed by atoms with Crippen LogP contribution in [0.2, 0.25) is 0 Å². The summed E-state index contributed by atoms with van der Waals surface area (Å²) in [5.74, 6) is -0.322. The summed E-state index contributed by atoms with van der Waals surface area (Å²) in [7, 11) is 0. The van der Waals surface area contributed by atoms with Crippen molar-refractivity contribution in [3.8, 4) is 0 Å². The maximum Gasteiger partial charge on any atom is 0.416 e. The third-order valence-electron chi connectivity index (χ3n) is 5.49. The van der Waals surface area contributed by atoms with Crippen LogP contribution in [-0.2, 0) is 19.0 Å². The van der Waals surface area contributed by atoms with Gasteiger partial charge in [-0.05, 0) is 74.8 Å². The van der Waals surface area contributed by atoms with Crippen molar-refractivity contribution in [3.63, 3.8) is 0 Å². The fraction of sp³-hybridized carbons (Fsp3) is 0.476. The number of halogens is 3. The molecule has 1 aliphatic heterocycles. The molecule has 0 radical (unpaired) electrons. The number of nitrogens with one attached hydrogen (secondary N) is 1. The molecule has 2 aliphatic rings. The van der Waals surface area contributed by atoms with E-state index in [0.29, 0.717) is 10.6 Å². The zero-order valence-electron chi connectivity index (χ0n) is 15.6. The lowest BCUT2D eigenvalue weighted by Crippen LogP contribution is -2.30. The topological polar surface area (TPSA) is 32.3 Å². The number of carbonyl (C=O) groups is 1. The molecule has 2 aromatic rings. The lowest BCUT2D eigenvalue weighted by atomic mass is 9.99. The van der Waals surface area contributed by atoms with E-state index in [1.54, 1.807) is 0 Å². The predicted molar refractivity (Wildman–Crippen MR) is 106 cm³/mol. The van der Waals surface area contributed by atoms with Gasteiger partial charge < -0.3 is 10.2 Å². The molecule has 7 heteroatoms. The van der Waals surface area contributed by atoms with Crippen LogP contribution in [0, 0.1) is 0 Å². The highest BCUT2D eigenvalue weighted by Crippen LogP contribution is 2.37. The van der Waals surface area contributed by atoms with Gasteiger partial charge in [-0.3, -0.25) is 4.79 Å². The van der Waals surface area contributed by atoms with Gasteiger partial charge in [0.05, 0.1) is 21.8 Å². The molecule has 1 saturated heterocycles. The summed E-state index contributed by atoms with van der Waals surface area (Å²) in [5.41, 5.74) is 1.38. The Bertz CT molecular complexity index is 846. The van der Waals surface area contributed by atoms with Gasteiger partial charge in [0.25, 0.3) is 5.91 Å². The zero-order chi connectivity index (χ0) is 19.7. The van der Waals surface area contributed by atoms with Crippen molar-refractivity contribution < 1.29 is 18.0 Å². The Morgan fingerprint density at radius 2 is 1.75 bits per heavy atom. The van der Waals surface area contributed by atoms with Crippen LogP contribution in [0.4, 0.5) is 24.5 Å². The molecular weight excluding hydrogens is 385 g/mol. The highest BCUT2D eigenvalue weighted by molar-refractivity contribution is 7.14. The van der Waals surface area contributed by atoms with Crippen molar-refractivity contribution in [1.29, 1.82) is 0 Å². The van der Waals surface area contributed by atoms with Gasteiger partial charge in [-0.1, -0.05) is 0 Å². The van der Waals surface area contributed by atoms with Crippen molar-refractivity contribution in [2.24, 2.45) is 0 Å². The molecule has 1 aromatic heterocycles. The van der Waals surface area contributed by atoms with E-state index in [4.69, 9.17) is 0 Å². The molecule has 0 bridgehead atoms. The molecule has 1 aromatic carbocycles. The van der Waals surface area contributed by atoms with Gasteiger partial charge in [-0.2, -0.15) is 13.2 Å². The number of alkyl halides is 3. The van der Waals surface area contributed by atoms with Gasteiger partial charge in [0.2, 0.25) is 0 Å². The Labute approximate surface area is 166 Å². The first kappa shape index (κ1) is 19.3. The number of nitrogens with zero attached hydrogens (tertiary/aromatic N) is 1. The van der Waals surface area contributed by atoms with E-state index in [1.165, 1.54) is 27.8 Å². The number of hydrogen-bond donors (Lipinski definition) is 1. The normalized spacial score (nSPS) is 17.3. The van der Waals surface area contributed by atoms with Gasteiger partial charge in [0.15, 0.2) is 0 Å². The number of benzene rings is 1. The predicted octanol–water partition coefficient (Wildman–Crippen LogP) is 5.89. The number of fused-ring (bicyclic) bond motifs is 1. The molecular formula is C21H23F3N2OS. The first-order chi connectivity index (χ1) is 13.4. The van der Waals surface area contributed by atoms with E-state index in [1.807, 2.05) is 6.07 Å². The Hall–Kier alpha value is -2.02. The standard InChI is InChI=1S/C21H23F3N2OS/c22-21(23,24)15-8-9-17(26-10-4-1-5-11-26)16(13-15)25-20(27)19-12-14-6-2-3-7-18(14)28-19/h8-9,12-13H,1-7,10-11H2,(H,25,27). The Kier molecular flexibility index (Phi) is 5.36. The van der Waals surface area contributed by atoms with Crippen molar-refractivity contribution in [2.75, 3.05) is 23.3 Å². The minimum absolute atomic E-state index is 0.244. The lowest BCUT2D eigenvalue weighted by molar-refractivity contribution is -0.137. The second-order valence-electron chi connectivity index (χ2n) is 7.50. The minimum atomic E-state index is -4.44. The summed E-state index contributed by atoms with van der Waals surface area (Å²) in [6.45, 7) is 1.59. The summed E-state index contributed by atoms with van der Waals surface area (Å²) < 4.78 is 39.7. The second-order valence-corrected chi connectivity index (χ2v) is 8.63. The lowest BCUT2D eigenvalue weighted by Gasteiger charge is -2.31. The van der Waals surface area contributed by atoms with Crippen LogP contribution in [0.3, 0.4) is 0 Å². The van der Waals surface area contributed by atoms with E-state index in [-0.39, 0.29) is 11.6 Å². The average Bonchev–Trinajstić information content (AvgIpc) is 3.12. The van der Waals surface area contributed by atoms with Crippen molar-refractivity contribution in [2.45, 2.75) is 51.1 Å². The van der Waals surface area contributed by atoms with E-state index >= 15 is 0 Å². The van der Waals surface area contributed by atoms with Crippen LogP contribution in [0.1, 0.15) is 57.8 Å². The number of piperidine rings is 1. The maximum atomic E-state index is 13.2. The number of thiophene rings is 1. The first-order valence-corrected chi connectivity index (χ1v) is 10.6. The molecule has 4 rings (SSSR count). The molecule has 0 atom stereocenters. The van der Waals surface area contributed by atoms with Crippen LogP contribution < -0.4 is 10.2 Å². The third-order valence-corrected chi connectivity index (χ3v) is 6.73. The van der Waals surface area contributed by atoms with E-state index in [0.717, 1.165) is 70.2 Å². The monoisotopic (exact) mass is 408 g/mol. The molecule has 0 saturated carbocycles. The van der Waals surface area contributed by atoms with E-state index in [9.17, 15) is 18.0 Å². The molecule has 1 N–H and O–H groups in total. The number of amides is 1. The average molecular weight is 408 g/mol. The summed E-state index contributed by atoms with van der Waals surface area (Å²) in [5, 5.41) is 2.78. The molecule has 2 heterocycles. The van der Waals surface area contributed by atoms with E-state index < -0.39 is 11.7 Å². The first-order valence-electron chi connectivity index (χ1n) is 9.81. The van der Waals surface area contributed by atoms with Crippen LogP contribution >= 0.6 is 11.3 Å². The maximum absolute atomic E-state index is 13.2. The van der Waals surface area contributed by atoms with Gasteiger partial charge in [-0.15, -0.1) is 11.3 Å². The summed E-state index contributed by atoms with van der Waals surface area (Å²) in [6, 6.07) is 5.56. The highest BCUT2D eigenvalue weighted by atomic mass is 32.1. The third kappa shape index (κ3) is 4.04. The summed E-state index contributed by atoms with van der Waals surface area (Å²) in [4.78, 5) is 16.7. The summed E-state index contributed by atoms with van der Waals surface area (Å²) in [6.07, 6.45) is 2.90. The van der Waals surface area contributed by atoms with Gasteiger partial charge in [-0.25, -0.2) is 0 Å². The van der Waals surface area contributed by atoms with Crippen molar-refractivity contribution >= 4 is 28.6 Å². The molecule has 0 spiro atoms. The van der Waals surface area contributed by atoms with E-state index in [2.05, 4.69) is 10.2 Å². The van der Waals surface area contributed by atoms with Crippen molar-refractivity contribution in [1.82, 2.24) is 0 Å². The van der Waals surface area contributed by atoms with Gasteiger partial charge in [0.1, 0.15) is 0 Å². The van der Waals surface area contributed by atoms with Crippen LogP contribution in [0.15, 0.2) is 24.3 Å². The largest absolute Gasteiger partial charge is 0.416 e. The fourth-order valence-electron chi connectivity index (χ4n) is 4.01. The quantitative estimate of drug-likeness (QED) is 0.687. The number of anilines is 2. The van der Waals surface area contributed by atoms with Crippen LogP contribution in [0.5, 0.6) is 0 Å². The van der Waals surface area contributed by atoms with Crippen LogP contribution in [-0.4, -0.2) is 19.0 Å². The molecule has 150 valence electrons. The molecule has 3 nitrogen and oxygen atoms in total. The Morgan fingerprint density at radius 3 is 2.46 bits per heavy atom. The molecule has 1 amide bonds. The zero-order valence-corrected chi connectivity index (χ0v) is 16.4. The summed E-state index contributed by atoms with van der Waals surface area (Å²) >= 11 is 1.47. The number of carbonyl (C=O) groups excluding carboxylic acids is 1. The van der Waals surface area contributed by atoms with Crippen LogP contribution in [0.25, 0.3) is 0 Å².